The molecule has 0 aromatic heterocycles. The lowest BCUT2D eigenvalue weighted by molar-refractivity contribution is -0.274. The summed E-state index contributed by atoms with van der Waals surface area (Å²) in [7, 11) is 0. The number of aliphatic hydroxyl groups is 1. The molecule has 0 saturated carbocycles. The van der Waals surface area contributed by atoms with E-state index in [9.17, 15) is 26.7 Å². The van der Waals surface area contributed by atoms with Crippen LogP contribution in [0.2, 0.25) is 0 Å². The van der Waals surface area contributed by atoms with Crippen LogP contribution in [0.25, 0.3) is 0 Å². The lowest BCUT2D eigenvalue weighted by Gasteiger charge is -2.37. The van der Waals surface area contributed by atoms with Crippen LogP contribution in [0.3, 0.4) is 0 Å². The van der Waals surface area contributed by atoms with Gasteiger partial charge in [-0.15, -0.1) is 13.2 Å². The first-order valence-electron chi connectivity index (χ1n) is 6.76. The van der Waals surface area contributed by atoms with Crippen molar-refractivity contribution >= 4 is 5.91 Å². The van der Waals surface area contributed by atoms with Crippen molar-refractivity contribution in [2.24, 2.45) is 5.92 Å². The average molecular weight is 339 g/mol. The van der Waals surface area contributed by atoms with Gasteiger partial charge in [0.2, 0.25) is 0 Å². The number of piperidine rings is 1. The molecule has 1 fully saturated rings. The van der Waals surface area contributed by atoms with Crippen LogP contribution in [-0.2, 0) is 0 Å². The van der Waals surface area contributed by atoms with Crippen molar-refractivity contribution in [3.8, 4) is 5.75 Å². The minimum absolute atomic E-state index is 0.103. The van der Waals surface area contributed by atoms with E-state index in [2.05, 4.69) is 4.74 Å². The Balaban J connectivity index is 2.13. The zero-order chi connectivity index (χ0) is 17.3. The van der Waals surface area contributed by atoms with Crippen molar-refractivity contribution in [1.82, 2.24) is 4.90 Å². The summed E-state index contributed by atoms with van der Waals surface area (Å²) >= 11 is 0. The Labute approximate surface area is 128 Å². The maximum atomic E-state index is 13.5. The first kappa shape index (κ1) is 17.5. The third-order valence-electron chi connectivity index (χ3n) is 3.58. The number of hydrogen-bond donors (Lipinski definition) is 1. The number of nitrogens with zero attached hydrogens (tertiary/aromatic N) is 1. The van der Waals surface area contributed by atoms with Gasteiger partial charge in [0.05, 0.1) is 12.5 Å². The molecule has 1 aliphatic rings. The van der Waals surface area contributed by atoms with Gasteiger partial charge in [-0.25, -0.2) is 8.78 Å². The molecule has 1 heterocycles. The molecular formula is C14H14F5NO3. The van der Waals surface area contributed by atoms with E-state index < -0.39 is 42.9 Å². The molecule has 1 unspecified atom stereocenters. The third kappa shape index (κ3) is 4.31. The standard InChI is InChI=1S/C14H14F5NO3/c15-13(16)4-5-20(7-10(13)8-21)12(22)9-2-1-3-11(6-9)23-14(17,18)19/h1-3,6,10,21H,4-5,7-8H2. The van der Waals surface area contributed by atoms with Gasteiger partial charge in [0.25, 0.3) is 11.8 Å². The van der Waals surface area contributed by atoms with Gasteiger partial charge in [-0.3, -0.25) is 4.79 Å². The Bertz CT molecular complexity index is 576. The molecule has 0 aliphatic carbocycles. The smallest absolute Gasteiger partial charge is 0.406 e. The lowest BCUT2D eigenvalue weighted by Crippen LogP contribution is -2.50. The van der Waals surface area contributed by atoms with Crippen LogP contribution < -0.4 is 4.74 Å². The fraction of sp³-hybridized carbons (Fsp3) is 0.500. The lowest BCUT2D eigenvalue weighted by atomic mass is 9.94. The largest absolute Gasteiger partial charge is 0.573 e. The van der Waals surface area contributed by atoms with Crippen molar-refractivity contribution in [3.05, 3.63) is 29.8 Å². The van der Waals surface area contributed by atoms with E-state index in [0.29, 0.717) is 0 Å². The number of ether oxygens (including phenoxy) is 1. The number of amides is 1. The molecule has 0 radical (unpaired) electrons. The summed E-state index contributed by atoms with van der Waals surface area (Å²) < 4.78 is 67.3. The first-order chi connectivity index (χ1) is 10.6. The van der Waals surface area contributed by atoms with E-state index in [1.807, 2.05) is 0 Å². The van der Waals surface area contributed by atoms with Gasteiger partial charge >= 0.3 is 6.36 Å². The molecule has 9 heteroatoms. The summed E-state index contributed by atoms with van der Waals surface area (Å²) in [5.74, 6) is -5.72. The highest BCUT2D eigenvalue weighted by atomic mass is 19.4. The van der Waals surface area contributed by atoms with Crippen molar-refractivity contribution in [1.29, 1.82) is 0 Å². The van der Waals surface area contributed by atoms with Crippen LogP contribution in [0.4, 0.5) is 22.0 Å². The van der Waals surface area contributed by atoms with Gasteiger partial charge in [-0.1, -0.05) is 6.07 Å². The van der Waals surface area contributed by atoms with E-state index in [0.717, 1.165) is 17.0 Å². The molecule has 1 saturated heterocycles. The number of alkyl halides is 5. The fourth-order valence-electron chi connectivity index (χ4n) is 2.36. The van der Waals surface area contributed by atoms with E-state index in [1.165, 1.54) is 12.1 Å². The van der Waals surface area contributed by atoms with Gasteiger partial charge in [-0.2, -0.15) is 0 Å². The Morgan fingerprint density at radius 2 is 2.09 bits per heavy atom. The number of halogens is 5. The minimum Gasteiger partial charge on any atom is -0.406 e. The maximum absolute atomic E-state index is 13.5. The Morgan fingerprint density at radius 1 is 1.39 bits per heavy atom. The van der Waals surface area contributed by atoms with E-state index in [4.69, 9.17) is 5.11 Å². The number of aliphatic hydroxyl groups excluding tert-OH is 1. The van der Waals surface area contributed by atoms with Crippen LogP contribution in [0, 0.1) is 5.92 Å². The highest BCUT2D eigenvalue weighted by Gasteiger charge is 2.44. The summed E-state index contributed by atoms with van der Waals surface area (Å²) in [5.41, 5.74) is -0.103. The number of likely N-dealkylation sites (tertiary alicyclic amines) is 1. The van der Waals surface area contributed by atoms with Crippen LogP contribution in [0.1, 0.15) is 16.8 Å². The Kier molecular flexibility index (Phi) is 4.79. The highest BCUT2D eigenvalue weighted by Crippen LogP contribution is 2.34. The normalized spacial score (nSPS) is 21.1. The van der Waals surface area contributed by atoms with Crippen molar-refractivity contribution in [3.63, 3.8) is 0 Å². The van der Waals surface area contributed by atoms with Crippen molar-refractivity contribution in [2.45, 2.75) is 18.7 Å². The van der Waals surface area contributed by atoms with E-state index >= 15 is 0 Å². The predicted molar refractivity (Wildman–Crippen MR) is 69.2 cm³/mol. The predicted octanol–water partition coefficient (Wildman–Crippen LogP) is 2.67. The minimum atomic E-state index is -4.89. The van der Waals surface area contributed by atoms with Gasteiger partial charge in [0, 0.05) is 25.1 Å². The van der Waals surface area contributed by atoms with Gasteiger partial charge < -0.3 is 14.7 Å². The second kappa shape index (κ2) is 6.31. The van der Waals surface area contributed by atoms with Crippen LogP contribution in [0.5, 0.6) is 5.75 Å². The maximum Gasteiger partial charge on any atom is 0.573 e. The van der Waals surface area contributed by atoms with Gasteiger partial charge in [-0.05, 0) is 18.2 Å². The molecule has 1 aromatic carbocycles. The molecule has 23 heavy (non-hydrogen) atoms. The van der Waals surface area contributed by atoms with Crippen LogP contribution in [0.15, 0.2) is 24.3 Å². The molecule has 1 atom stereocenters. The molecule has 4 nitrogen and oxygen atoms in total. The molecule has 1 amide bonds. The average Bonchev–Trinajstić information content (AvgIpc) is 2.45. The molecule has 0 bridgehead atoms. The second-order valence-electron chi connectivity index (χ2n) is 5.22. The van der Waals surface area contributed by atoms with Gasteiger partial charge in [0.1, 0.15) is 5.75 Å². The number of rotatable bonds is 3. The Hall–Kier alpha value is -1.90. The number of hydrogen-bond acceptors (Lipinski definition) is 3. The van der Waals surface area contributed by atoms with Crippen molar-refractivity contribution in [2.75, 3.05) is 19.7 Å². The summed E-state index contributed by atoms with van der Waals surface area (Å²) in [6, 6.07) is 4.41. The SMILES string of the molecule is O=C(c1cccc(OC(F)(F)F)c1)N1CCC(F)(F)C(CO)C1. The zero-order valence-electron chi connectivity index (χ0n) is 11.8. The third-order valence-corrected chi connectivity index (χ3v) is 3.58. The summed E-state index contributed by atoms with van der Waals surface area (Å²) in [4.78, 5) is 13.3. The summed E-state index contributed by atoms with van der Waals surface area (Å²) in [5, 5.41) is 9.01. The van der Waals surface area contributed by atoms with Crippen LogP contribution in [-0.4, -0.2) is 47.9 Å². The molecule has 128 valence electrons. The van der Waals surface area contributed by atoms with Gasteiger partial charge in [0.15, 0.2) is 0 Å². The first-order valence-corrected chi connectivity index (χ1v) is 6.76. The zero-order valence-corrected chi connectivity index (χ0v) is 11.8. The molecule has 0 spiro atoms. The van der Waals surface area contributed by atoms with E-state index in [1.54, 1.807) is 0 Å². The highest BCUT2D eigenvalue weighted by molar-refractivity contribution is 5.94. The topological polar surface area (TPSA) is 49.8 Å². The number of carbonyl (C=O) groups excluding carboxylic acids is 1. The molecular weight excluding hydrogens is 325 g/mol. The monoisotopic (exact) mass is 339 g/mol. The fourth-order valence-corrected chi connectivity index (χ4v) is 2.36. The van der Waals surface area contributed by atoms with Crippen LogP contribution >= 0.6 is 0 Å². The van der Waals surface area contributed by atoms with E-state index in [-0.39, 0.29) is 18.7 Å². The summed E-state index contributed by atoms with van der Waals surface area (Å²) in [6.45, 7) is -1.40. The van der Waals surface area contributed by atoms with Crippen molar-refractivity contribution < 1.29 is 36.6 Å². The quantitative estimate of drug-likeness (QED) is 0.862. The number of benzene rings is 1. The summed E-state index contributed by atoms with van der Waals surface area (Å²) in [6.07, 6.45) is -5.50. The molecule has 1 N–H and O–H groups in total. The second-order valence-corrected chi connectivity index (χ2v) is 5.22. The molecule has 1 aromatic rings. The number of carbonyl (C=O) groups is 1. The molecule has 2 rings (SSSR count). The molecule has 1 aliphatic heterocycles. The Morgan fingerprint density at radius 3 is 2.70 bits per heavy atom.